The molecule has 1 aromatic carbocycles. The van der Waals surface area contributed by atoms with Crippen molar-refractivity contribution in [3.63, 3.8) is 0 Å². The number of benzene rings is 1. The molecule has 2 aliphatic rings. The largest absolute Gasteiger partial charge is 0.508 e. The molecule has 1 unspecified atom stereocenters. The Morgan fingerprint density at radius 1 is 1.12 bits per heavy atom. The third kappa shape index (κ3) is 3.48. The van der Waals surface area contributed by atoms with Crippen molar-refractivity contribution in [2.45, 2.75) is 50.9 Å². The maximum absolute atomic E-state index is 10.3. The van der Waals surface area contributed by atoms with E-state index in [0.717, 1.165) is 46.9 Å². The predicted octanol–water partition coefficient (Wildman–Crippen LogP) is 5.48. The summed E-state index contributed by atoms with van der Waals surface area (Å²) in [6.45, 7) is 0.781. The maximum Gasteiger partial charge on any atom is 0.137 e. The summed E-state index contributed by atoms with van der Waals surface area (Å²) >= 11 is 6.31. The Balaban J connectivity index is 1.52. The van der Waals surface area contributed by atoms with Crippen molar-refractivity contribution < 1.29 is 9.84 Å². The molecule has 0 saturated heterocycles. The second-order valence-electron chi connectivity index (χ2n) is 7.32. The molecule has 132 valence electrons. The number of rotatable bonds is 4. The van der Waals surface area contributed by atoms with E-state index in [2.05, 4.69) is 11.1 Å². The number of ether oxygens (including phenoxy) is 1. The Kier molecular flexibility index (Phi) is 4.85. The Bertz CT molecular complexity index is 756. The van der Waals surface area contributed by atoms with E-state index < -0.39 is 0 Å². The van der Waals surface area contributed by atoms with Crippen LogP contribution in [0.25, 0.3) is 0 Å². The molecule has 2 aromatic rings. The number of hydrogen-bond donors (Lipinski definition) is 1. The van der Waals surface area contributed by atoms with Gasteiger partial charge in [-0.25, -0.2) is 0 Å². The second-order valence-corrected chi connectivity index (χ2v) is 7.73. The van der Waals surface area contributed by atoms with Crippen LogP contribution in [0.5, 0.6) is 11.5 Å². The smallest absolute Gasteiger partial charge is 0.137 e. The third-order valence-electron chi connectivity index (χ3n) is 5.66. The highest BCUT2D eigenvalue weighted by Gasteiger charge is 2.29. The molecular weight excluding hydrogens is 334 g/mol. The Morgan fingerprint density at radius 3 is 2.80 bits per heavy atom. The van der Waals surface area contributed by atoms with Gasteiger partial charge in [-0.15, -0.1) is 0 Å². The molecule has 1 N–H and O–H groups in total. The number of nitrogens with zero attached hydrogens (tertiary/aromatic N) is 1. The van der Waals surface area contributed by atoms with Crippen LogP contribution in [0.2, 0.25) is 5.02 Å². The Hall–Kier alpha value is -1.74. The van der Waals surface area contributed by atoms with Crippen molar-refractivity contribution in [2.75, 3.05) is 6.61 Å². The molecule has 0 spiro atoms. The van der Waals surface area contributed by atoms with Gasteiger partial charge in [-0.2, -0.15) is 0 Å². The zero-order chi connectivity index (χ0) is 17.2. The van der Waals surface area contributed by atoms with Gasteiger partial charge in [0.1, 0.15) is 11.5 Å². The number of fused-ring (bicyclic) bond motifs is 1. The molecular formula is C21H24ClNO2. The topological polar surface area (TPSA) is 42.4 Å². The van der Waals surface area contributed by atoms with E-state index in [1.165, 1.54) is 32.1 Å². The maximum atomic E-state index is 10.3. The number of aromatic nitrogens is 1. The van der Waals surface area contributed by atoms with Gasteiger partial charge in [0.2, 0.25) is 0 Å². The number of aromatic hydroxyl groups is 1. The van der Waals surface area contributed by atoms with Gasteiger partial charge < -0.3 is 9.84 Å². The first kappa shape index (κ1) is 16.7. The third-order valence-corrected chi connectivity index (χ3v) is 6.01. The lowest BCUT2D eigenvalue weighted by molar-refractivity contribution is 0.208. The van der Waals surface area contributed by atoms with Crippen molar-refractivity contribution in [2.24, 2.45) is 5.92 Å². The van der Waals surface area contributed by atoms with Gasteiger partial charge in [-0.1, -0.05) is 30.9 Å². The fraction of sp³-hybridized carbons (Fsp3) is 0.476. The van der Waals surface area contributed by atoms with Crippen LogP contribution in [0.1, 0.15) is 61.1 Å². The lowest BCUT2D eigenvalue weighted by atomic mass is 9.90. The minimum atomic E-state index is 0.138. The van der Waals surface area contributed by atoms with Crippen molar-refractivity contribution in [1.29, 1.82) is 0 Å². The van der Waals surface area contributed by atoms with E-state index in [0.29, 0.717) is 11.7 Å². The number of hydrogen-bond acceptors (Lipinski definition) is 3. The van der Waals surface area contributed by atoms with E-state index in [1.807, 2.05) is 6.20 Å². The standard InChI is InChI=1S/C21H24ClNO2/c22-19-8-9-20(24)21-17(6-7-18(19)21)15-10-16(12-23-11-15)25-13-14-4-2-1-3-5-14/h8-12,14,17,24H,1-7,13H2. The van der Waals surface area contributed by atoms with Crippen LogP contribution < -0.4 is 4.74 Å². The highest BCUT2D eigenvalue weighted by atomic mass is 35.5. The fourth-order valence-corrected chi connectivity index (χ4v) is 4.57. The molecule has 1 heterocycles. The average molecular weight is 358 g/mol. The quantitative estimate of drug-likeness (QED) is 0.788. The molecule has 3 nitrogen and oxygen atoms in total. The zero-order valence-electron chi connectivity index (χ0n) is 14.4. The molecule has 1 saturated carbocycles. The number of halogens is 1. The second kappa shape index (κ2) is 7.25. The lowest BCUT2D eigenvalue weighted by Crippen LogP contribution is -2.15. The minimum absolute atomic E-state index is 0.138. The average Bonchev–Trinajstić information content (AvgIpc) is 3.11. The van der Waals surface area contributed by atoms with Crippen LogP contribution in [-0.2, 0) is 6.42 Å². The summed E-state index contributed by atoms with van der Waals surface area (Å²) in [6.07, 6.45) is 12.1. The van der Waals surface area contributed by atoms with E-state index in [1.54, 1.807) is 18.3 Å². The van der Waals surface area contributed by atoms with Gasteiger partial charge in [-0.05, 0) is 60.9 Å². The SMILES string of the molecule is Oc1ccc(Cl)c2c1C(c1cncc(OCC3CCCCC3)c1)CC2. The first-order valence-electron chi connectivity index (χ1n) is 9.30. The lowest BCUT2D eigenvalue weighted by Gasteiger charge is -2.22. The van der Waals surface area contributed by atoms with Crippen LogP contribution in [0.15, 0.2) is 30.6 Å². The Labute approximate surface area is 154 Å². The van der Waals surface area contributed by atoms with Crippen LogP contribution >= 0.6 is 11.6 Å². The first-order chi connectivity index (χ1) is 12.2. The fourth-order valence-electron chi connectivity index (χ4n) is 4.31. The molecule has 25 heavy (non-hydrogen) atoms. The Morgan fingerprint density at radius 2 is 1.96 bits per heavy atom. The summed E-state index contributed by atoms with van der Waals surface area (Å²) in [5, 5.41) is 11.1. The summed E-state index contributed by atoms with van der Waals surface area (Å²) in [6, 6.07) is 5.55. The van der Waals surface area contributed by atoms with E-state index in [4.69, 9.17) is 16.3 Å². The molecule has 1 fully saturated rings. The summed E-state index contributed by atoms with van der Waals surface area (Å²) in [5.41, 5.74) is 3.12. The van der Waals surface area contributed by atoms with Crippen LogP contribution in [0.4, 0.5) is 0 Å². The highest BCUT2D eigenvalue weighted by Crippen LogP contribution is 2.45. The summed E-state index contributed by atoms with van der Waals surface area (Å²) in [7, 11) is 0. The van der Waals surface area contributed by atoms with Crippen LogP contribution in [-0.4, -0.2) is 16.7 Å². The normalized spacial score (nSPS) is 20.4. The van der Waals surface area contributed by atoms with Gasteiger partial charge in [0.15, 0.2) is 0 Å². The van der Waals surface area contributed by atoms with Crippen molar-refractivity contribution in [3.05, 3.63) is 52.3 Å². The number of phenolic OH excluding ortho intramolecular Hbond substituents is 1. The molecule has 4 rings (SSSR count). The minimum Gasteiger partial charge on any atom is -0.508 e. The molecule has 1 atom stereocenters. The summed E-state index contributed by atoms with van der Waals surface area (Å²) < 4.78 is 6.04. The van der Waals surface area contributed by atoms with Gasteiger partial charge in [-0.3, -0.25) is 4.98 Å². The number of phenols is 1. The van der Waals surface area contributed by atoms with E-state index in [-0.39, 0.29) is 5.92 Å². The highest BCUT2D eigenvalue weighted by molar-refractivity contribution is 6.31. The van der Waals surface area contributed by atoms with Gasteiger partial charge in [0, 0.05) is 22.7 Å². The monoisotopic (exact) mass is 357 g/mol. The molecule has 0 amide bonds. The molecule has 0 radical (unpaired) electrons. The summed E-state index contributed by atoms with van der Waals surface area (Å²) in [5.74, 6) is 1.97. The molecule has 2 aliphatic carbocycles. The molecule has 1 aromatic heterocycles. The number of pyridine rings is 1. The molecule has 0 bridgehead atoms. The molecule has 0 aliphatic heterocycles. The first-order valence-corrected chi connectivity index (χ1v) is 9.68. The predicted molar refractivity (Wildman–Crippen MR) is 99.6 cm³/mol. The molecule has 4 heteroatoms. The zero-order valence-corrected chi connectivity index (χ0v) is 15.1. The van der Waals surface area contributed by atoms with Gasteiger partial charge in [0.05, 0.1) is 12.8 Å². The van der Waals surface area contributed by atoms with Gasteiger partial charge >= 0.3 is 0 Å². The van der Waals surface area contributed by atoms with Crippen molar-refractivity contribution in [1.82, 2.24) is 4.98 Å². The summed E-state index contributed by atoms with van der Waals surface area (Å²) in [4.78, 5) is 4.38. The van der Waals surface area contributed by atoms with Gasteiger partial charge in [0.25, 0.3) is 0 Å². The van der Waals surface area contributed by atoms with Crippen LogP contribution in [0, 0.1) is 5.92 Å². The van der Waals surface area contributed by atoms with Crippen molar-refractivity contribution in [3.8, 4) is 11.5 Å². The van der Waals surface area contributed by atoms with Crippen LogP contribution in [0.3, 0.4) is 0 Å². The van der Waals surface area contributed by atoms with Crippen molar-refractivity contribution >= 4 is 11.6 Å². The van der Waals surface area contributed by atoms with E-state index in [9.17, 15) is 5.11 Å². The van der Waals surface area contributed by atoms with E-state index >= 15 is 0 Å².